The van der Waals surface area contributed by atoms with Gasteiger partial charge in [-0.1, -0.05) is 38.2 Å². The number of hydrogen-bond acceptors (Lipinski definition) is 10. The number of aliphatic hydroxyl groups excluding tert-OH is 2. The van der Waals surface area contributed by atoms with Crippen LogP contribution in [-0.4, -0.2) is 131 Å². The van der Waals surface area contributed by atoms with Gasteiger partial charge in [0.25, 0.3) is 0 Å². The van der Waals surface area contributed by atoms with Gasteiger partial charge in [-0.3, -0.25) is 4.79 Å². The molecule has 12 nitrogen and oxygen atoms in total. The van der Waals surface area contributed by atoms with Crippen LogP contribution in [0.1, 0.15) is 66.7 Å². The van der Waals surface area contributed by atoms with Gasteiger partial charge in [-0.2, -0.15) is 0 Å². The molecule has 3 aliphatic rings. The van der Waals surface area contributed by atoms with Gasteiger partial charge in [0.15, 0.2) is 6.10 Å². The minimum Gasteiger partial charge on any atom is -0.457 e. The van der Waals surface area contributed by atoms with Crippen LogP contribution < -0.4 is 0 Å². The van der Waals surface area contributed by atoms with Gasteiger partial charge in [-0.05, 0) is 65.2 Å². The highest BCUT2D eigenvalue weighted by Crippen LogP contribution is 2.28. The molecule has 0 aromatic heterocycles. The van der Waals surface area contributed by atoms with E-state index in [1.165, 1.54) is 0 Å². The maximum absolute atomic E-state index is 13.0. The fourth-order valence-corrected chi connectivity index (χ4v) is 5.98. The maximum atomic E-state index is 13.0. The topological polar surface area (TPSA) is 149 Å². The van der Waals surface area contributed by atoms with E-state index in [2.05, 4.69) is 4.90 Å². The smallest absolute Gasteiger partial charge is 0.410 e. The van der Waals surface area contributed by atoms with E-state index in [0.29, 0.717) is 19.6 Å². The van der Waals surface area contributed by atoms with Crippen molar-refractivity contribution >= 4 is 18.2 Å². The normalized spacial score (nSPS) is 32.7. The summed E-state index contributed by atoms with van der Waals surface area (Å²) in [4.78, 5) is 43.7. The van der Waals surface area contributed by atoms with Crippen LogP contribution in [-0.2, 0) is 19.0 Å². The van der Waals surface area contributed by atoms with Gasteiger partial charge >= 0.3 is 18.2 Å². The van der Waals surface area contributed by atoms with Gasteiger partial charge in [-0.15, -0.1) is 0 Å². The maximum Gasteiger partial charge on any atom is 0.410 e. The molecular weight excluding hydrogens is 594 g/mol. The first-order valence-corrected chi connectivity index (χ1v) is 16.6. The van der Waals surface area contributed by atoms with E-state index < -0.39 is 48.2 Å². The van der Waals surface area contributed by atoms with Crippen LogP contribution >= 0.6 is 0 Å². The third-order valence-corrected chi connectivity index (χ3v) is 9.12. The predicted molar refractivity (Wildman–Crippen MR) is 173 cm³/mol. The second kappa shape index (κ2) is 17.3. The highest BCUT2D eigenvalue weighted by Gasteiger charge is 2.37. The molecule has 2 amide bonds. The van der Waals surface area contributed by atoms with E-state index >= 15 is 0 Å². The number of amides is 2. The van der Waals surface area contributed by atoms with Crippen LogP contribution in [0.4, 0.5) is 9.59 Å². The Hall–Kier alpha value is -2.93. The molecular formula is C34H55N3O9. The van der Waals surface area contributed by atoms with Crippen molar-refractivity contribution in [1.29, 1.82) is 0 Å². The lowest BCUT2D eigenvalue weighted by Crippen LogP contribution is -2.50. The van der Waals surface area contributed by atoms with E-state index in [-0.39, 0.29) is 43.7 Å². The Morgan fingerprint density at radius 2 is 1.83 bits per heavy atom. The first-order valence-electron chi connectivity index (χ1n) is 16.6. The zero-order valence-corrected chi connectivity index (χ0v) is 28.3. The SMILES string of the molecule is C/C(=C\C=C\[C@H](C)COC(=O)N1CCCC1C(C)O)[C@H]1OC(=O)C[C@@H](O)CC[C@](C)(O)[C@@H](OC(=O)N2CCN(C)CC2)/C=C\[C@@H]1C. The van der Waals surface area contributed by atoms with Crippen molar-refractivity contribution in [3.63, 3.8) is 0 Å². The molecule has 0 saturated carbocycles. The summed E-state index contributed by atoms with van der Waals surface area (Å²) in [6, 6.07) is -0.222. The molecule has 2 saturated heterocycles. The summed E-state index contributed by atoms with van der Waals surface area (Å²) in [5.41, 5.74) is -0.732. The summed E-state index contributed by atoms with van der Waals surface area (Å²) < 4.78 is 17.2. The zero-order chi connectivity index (χ0) is 34.0. The van der Waals surface area contributed by atoms with Gasteiger partial charge in [0, 0.05) is 44.6 Å². The number of likely N-dealkylation sites (N-methyl/N-ethyl adjacent to an activating group) is 1. The molecule has 0 aromatic carbocycles. The molecule has 46 heavy (non-hydrogen) atoms. The number of ether oxygens (including phenoxy) is 3. The van der Waals surface area contributed by atoms with Crippen molar-refractivity contribution in [2.24, 2.45) is 11.8 Å². The number of carbonyl (C=O) groups is 3. The van der Waals surface area contributed by atoms with Gasteiger partial charge in [0.2, 0.25) is 0 Å². The summed E-state index contributed by atoms with van der Waals surface area (Å²) in [7, 11) is 1.99. The number of aliphatic hydroxyl groups is 3. The monoisotopic (exact) mass is 649 g/mol. The molecule has 0 radical (unpaired) electrons. The molecule has 3 N–H and O–H groups in total. The molecule has 8 atom stereocenters. The van der Waals surface area contributed by atoms with E-state index in [4.69, 9.17) is 14.2 Å². The predicted octanol–water partition coefficient (Wildman–Crippen LogP) is 3.26. The summed E-state index contributed by atoms with van der Waals surface area (Å²) >= 11 is 0. The van der Waals surface area contributed by atoms with E-state index in [1.54, 1.807) is 35.8 Å². The van der Waals surface area contributed by atoms with Crippen molar-refractivity contribution in [1.82, 2.24) is 14.7 Å². The number of carbonyl (C=O) groups excluding carboxylic acids is 3. The Balaban J connectivity index is 1.69. The summed E-state index contributed by atoms with van der Waals surface area (Å²) in [6.07, 6.45) is 6.34. The third-order valence-electron chi connectivity index (χ3n) is 9.12. The highest BCUT2D eigenvalue weighted by molar-refractivity contribution is 5.70. The lowest BCUT2D eigenvalue weighted by atomic mass is 9.89. The number of hydrogen-bond donors (Lipinski definition) is 3. The van der Waals surface area contributed by atoms with Crippen LogP contribution in [0.2, 0.25) is 0 Å². The average molecular weight is 650 g/mol. The quantitative estimate of drug-likeness (QED) is 0.162. The summed E-state index contributed by atoms with van der Waals surface area (Å²) in [6.45, 7) is 12.1. The number of allylic oxidation sites excluding steroid dienone is 2. The van der Waals surface area contributed by atoms with Crippen LogP contribution in [0.25, 0.3) is 0 Å². The number of rotatable bonds is 7. The van der Waals surface area contributed by atoms with E-state index in [9.17, 15) is 29.7 Å². The molecule has 12 heteroatoms. The largest absolute Gasteiger partial charge is 0.457 e. The number of piperazine rings is 1. The number of esters is 1. The second-order valence-electron chi connectivity index (χ2n) is 13.5. The van der Waals surface area contributed by atoms with Gasteiger partial charge < -0.3 is 44.2 Å². The molecule has 2 fully saturated rings. The molecule has 0 spiro atoms. The standard InChI is InChI=1S/C34H55N3O9/c1-23(22-44-33(42)37-16-8-11-28(37)26(4)38)9-7-10-24(2)31-25(3)12-13-29(45-32(41)36-19-17-35(6)18-20-36)34(5,43)15-14-27(39)21-30(40)46-31/h7,9-10,12-13,23,25-29,31,38-39,43H,8,11,14-22H2,1-6H3/b9-7+,13-12-,24-10+/t23-,25-,26?,27-,28?,29-,31+,34-/m0/s1. The van der Waals surface area contributed by atoms with Crippen LogP contribution in [0, 0.1) is 11.8 Å². The molecule has 2 unspecified atom stereocenters. The summed E-state index contributed by atoms with van der Waals surface area (Å²) in [5.74, 6) is -0.998. The number of cyclic esters (lactones) is 1. The molecule has 0 aromatic rings. The number of nitrogens with zero attached hydrogens (tertiary/aromatic N) is 3. The Bertz CT molecular complexity index is 1110. The van der Waals surface area contributed by atoms with E-state index in [1.807, 2.05) is 46.0 Å². The van der Waals surface area contributed by atoms with Crippen molar-refractivity contribution < 1.29 is 43.9 Å². The Morgan fingerprint density at radius 1 is 1.13 bits per heavy atom. The second-order valence-corrected chi connectivity index (χ2v) is 13.5. The van der Waals surface area contributed by atoms with Crippen molar-refractivity contribution in [3.8, 4) is 0 Å². The van der Waals surface area contributed by atoms with Crippen molar-refractivity contribution in [2.75, 3.05) is 46.4 Å². The van der Waals surface area contributed by atoms with Crippen LogP contribution in [0.3, 0.4) is 0 Å². The fraction of sp³-hybridized carbons (Fsp3) is 0.735. The lowest BCUT2D eigenvalue weighted by Gasteiger charge is -2.36. The fourth-order valence-electron chi connectivity index (χ4n) is 5.98. The van der Waals surface area contributed by atoms with Gasteiger partial charge in [-0.25, -0.2) is 9.59 Å². The van der Waals surface area contributed by atoms with Crippen LogP contribution in [0.5, 0.6) is 0 Å². The average Bonchev–Trinajstić information content (AvgIpc) is 3.50. The first-order chi connectivity index (χ1) is 21.7. The van der Waals surface area contributed by atoms with E-state index in [0.717, 1.165) is 31.5 Å². The van der Waals surface area contributed by atoms with Gasteiger partial charge in [0.05, 0.1) is 31.3 Å². The lowest BCUT2D eigenvalue weighted by molar-refractivity contribution is -0.151. The summed E-state index contributed by atoms with van der Waals surface area (Å²) in [5, 5.41) is 31.8. The Kier molecular flexibility index (Phi) is 14.1. The minimum absolute atomic E-state index is 0.0927. The molecule has 3 heterocycles. The Labute approximate surface area is 273 Å². The van der Waals surface area contributed by atoms with Crippen molar-refractivity contribution in [3.05, 3.63) is 36.0 Å². The van der Waals surface area contributed by atoms with Gasteiger partial charge in [0.1, 0.15) is 11.7 Å². The minimum atomic E-state index is -1.47. The zero-order valence-electron chi connectivity index (χ0n) is 28.3. The molecule has 3 rings (SSSR count). The van der Waals surface area contributed by atoms with Crippen LogP contribution in [0.15, 0.2) is 36.0 Å². The third kappa shape index (κ3) is 11.1. The number of likely N-dealkylation sites (tertiary alicyclic amines) is 1. The molecule has 0 bridgehead atoms. The molecule has 260 valence electrons. The molecule has 0 aliphatic carbocycles. The van der Waals surface area contributed by atoms with Crippen molar-refractivity contribution in [2.45, 2.75) is 103 Å². The Morgan fingerprint density at radius 3 is 2.50 bits per heavy atom. The molecule has 3 aliphatic heterocycles. The first kappa shape index (κ1) is 37.5. The highest BCUT2D eigenvalue weighted by atomic mass is 16.6.